The molecule has 1 aromatic carbocycles. The van der Waals surface area contributed by atoms with Crippen molar-refractivity contribution in [2.45, 2.75) is 87.5 Å². The summed E-state index contributed by atoms with van der Waals surface area (Å²) in [4.78, 5) is 0. The number of methoxy groups -OCH3 is 1. The van der Waals surface area contributed by atoms with Crippen LogP contribution in [0, 0.1) is 11.7 Å². The first kappa shape index (κ1) is 18.4. The highest BCUT2D eigenvalue weighted by Crippen LogP contribution is 2.52. The summed E-state index contributed by atoms with van der Waals surface area (Å²) in [5.74, 6) is 0.549. The van der Waals surface area contributed by atoms with E-state index in [4.69, 9.17) is 4.74 Å². The van der Waals surface area contributed by atoms with Gasteiger partial charge in [-0.25, -0.2) is 4.39 Å². The number of aliphatic hydroxyl groups is 1. The molecule has 1 aromatic rings. The topological polar surface area (TPSA) is 41.5 Å². The summed E-state index contributed by atoms with van der Waals surface area (Å²) < 4.78 is 19.1. The molecule has 0 amide bonds. The van der Waals surface area contributed by atoms with Gasteiger partial charge in [0.05, 0.1) is 12.2 Å². The Labute approximate surface area is 156 Å². The van der Waals surface area contributed by atoms with Gasteiger partial charge in [0, 0.05) is 18.2 Å². The van der Waals surface area contributed by atoms with Crippen LogP contribution in [0.1, 0.15) is 75.9 Å². The zero-order chi connectivity index (χ0) is 18.2. The highest BCUT2D eigenvalue weighted by molar-refractivity contribution is 5.27. The lowest BCUT2D eigenvalue weighted by Crippen LogP contribution is -2.46. The summed E-state index contributed by atoms with van der Waals surface area (Å²) in [5, 5.41) is 14.8. The van der Waals surface area contributed by atoms with Crippen molar-refractivity contribution in [3.05, 3.63) is 35.6 Å². The molecule has 0 spiro atoms. The predicted molar refractivity (Wildman–Crippen MR) is 100 cm³/mol. The standard InChI is InChI=1S/C22H32FNO2/c1-26-19-7-5-16(6-8-19)9-10-21-11-13-22(24-21,14-12-21)20(25)17-3-2-4-18(23)15-17/h2-4,15-16,19-20,24-25H,5-14H2,1H3/t16-,19-,20-,21?,22?/m0/s1. The molecule has 26 heavy (non-hydrogen) atoms. The third-order valence-corrected chi connectivity index (χ3v) is 7.46. The molecule has 2 N–H and O–H groups in total. The van der Waals surface area contributed by atoms with Crippen molar-refractivity contribution in [1.82, 2.24) is 5.32 Å². The Morgan fingerprint density at radius 3 is 2.58 bits per heavy atom. The van der Waals surface area contributed by atoms with Crippen LogP contribution in [-0.2, 0) is 4.74 Å². The highest BCUT2D eigenvalue weighted by Gasteiger charge is 2.56. The van der Waals surface area contributed by atoms with Gasteiger partial charge in [0.15, 0.2) is 0 Å². The quantitative estimate of drug-likeness (QED) is 0.784. The lowest BCUT2D eigenvalue weighted by atomic mass is 9.74. The Bertz CT molecular complexity index is 618. The smallest absolute Gasteiger partial charge is 0.123 e. The minimum atomic E-state index is -0.625. The Hall–Kier alpha value is -0.970. The maximum Gasteiger partial charge on any atom is 0.123 e. The molecule has 144 valence electrons. The normalized spacial score (nSPS) is 37.8. The molecule has 3 nitrogen and oxygen atoms in total. The SMILES string of the molecule is CO[C@H]1CC[C@H](CCC23CCC([C@@H](O)c4cccc(F)c4)(CC2)N3)CC1. The van der Waals surface area contributed by atoms with Crippen molar-refractivity contribution in [3.63, 3.8) is 0 Å². The summed E-state index contributed by atoms with van der Waals surface area (Å²) in [6.45, 7) is 0. The van der Waals surface area contributed by atoms with Gasteiger partial charge in [0.2, 0.25) is 0 Å². The maximum atomic E-state index is 13.6. The number of nitrogens with one attached hydrogen (secondary N) is 1. The molecule has 2 saturated heterocycles. The molecule has 0 radical (unpaired) electrons. The number of rotatable bonds is 6. The first-order chi connectivity index (χ1) is 12.5. The van der Waals surface area contributed by atoms with Crippen molar-refractivity contribution in [3.8, 4) is 0 Å². The van der Waals surface area contributed by atoms with E-state index < -0.39 is 6.10 Å². The molecular formula is C22H32FNO2. The monoisotopic (exact) mass is 361 g/mol. The average Bonchev–Trinajstić information content (AvgIpc) is 3.24. The van der Waals surface area contributed by atoms with Crippen LogP contribution in [0.2, 0.25) is 0 Å². The molecule has 1 atom stereocenters. The molecule has 2 aliphatic heterocycles. The van der Waals surface area contributed by atoms with Crippen molar-refractivity contribution in [2.24, 2.45) is 5.92 Å². The largest absolute Gasteiger partial charge is 0.386 e. The molecule has 0 aromatic heterocycles. The van der Waals surface area contributed by atoms with E-state index in [1.165, 1.54) is 50.7 Å². The van der Waals surface area contributed by atoms with E-state index in [1.807, 2.05) is 13.2 Å². The van der Waals surface area contributed by atoms with Gasteiger partial charge in [0.25, 0.3) is 0 Å². The van der Waals surface area contributed by atoms with Gasteiger partial charge in [-0.05, 0) is 87.8 Å². The number of fused-ring (bicyclic) bond motifs is 2. The predicted octanol–water partition coefficient (Wildman–Crippen LogP) is 4.50. The maximum absolute atomic E-state index is 13.6. The van der Waals surface area contributed by atoms with Gasteiger partial charge >= 0.3 is 0 Å². The molecule has 3 fully saturated rings. The molecule has 1 aliphatic carbocycles. The second-order valence-corrected chi connectivity index (χ2v) is 8.94. The first-order valence-electron chi connectivity index (χ1n) is 10.3. The molecule has 1 saturated carbocycles. The lowest BCUT2D eigenvalue weighted by Gasteiger charge is -2.32. The Morgan fingerprint density at radius 1 is 1.19 bits per heavy atom. The molecule has 2 bridgehead atoms. The van der Waals surface area contributed by atoms with Crippen LogP contribution in [0.15, 0.2) is 24.3 Å². The number of halogens is 1. The van der Waals surface area contributed by atoms with Crippen LogP contribution in [0.25, 0.3) is 0 Å². The molecular weight excluding hydrogens is 329 g/mol. The summed E-state index contributed by atoms with van der Waals surface area (Å²) >= 11 is 0. The van der Waals surface area contributed by atoms with Crippen molar-refractivity contribution in [1.29, 1.82) is 0 Å². The second-order valence-electron chi connectivity index (χ2n) is 8.94. The zero-order valence-corrected chi connectivity index (χ0v) is 15.8. The van der Waals surface area contributed by atoms with Crippen LogP contribution in [-0.4, -0.2) is 29.4 Å². The minimum absolute atomic E-state index is 0.187. The average molecular weight is 362 g/mol. The minimum Gasteiger partial charge on any atom is -0.386 e. The van der Waals surface area contributed by atoms with Gasteiger partial charge in [-0.2, -0.15) is 0 Å². The van der Waals surface area contributed by atoms with Crippen LogP contribution >= 0.6 is 0 Å². The summed E-state index contributed by atoms with van der Waals surface area (Å²) in [5.41, 5.74) is 0.626. The number of ether oxygens (including phenoxy) is 1. The van der Waals surface area contributed by atoms with Gasteiger partial charge in [-0.15, -0.1) is 0 Å². The molecule has 4 heteroatoms. The lowest BCUT2D eigenvalue weighted by molar-refractivity contribution is 0.0539. The van der Waals surface area contributed by atoms with E-state index >= 15 is 0 Å². The van der Waals surface area contributed by atoms with E-state index in [1.54, 1.807) is 6.07 Å². The molecule has 0 unspecified atom stereocenters. The van der Waals surface area contributed by atoms with Crippen molar-refractivity contribution < 1.29 is 14.2 Å². The third-order valence-electron chi connectivity index (χ3n) is 7.46. The van der Waals surface area contributed by atoms with Crippen molar-refractivity contribution in [2.75, 3.05) is 7.11 Å². The summed E-state index contributed by atoms with van der Waals surface area (Å²) in [7, 11) is 1.83. The van der Waals surface area contributed by atoms with Gasteiger partial charge in [0.1, 0.15) is 5.82 Å². The van der Waals surface area contributed by atoms with Crippen LogP contribution < -0.4 is 5.32 Å². The molecule has 4 rings (SSSR count). The second kappa shape index (κ2) is 7.21. The zero-order valence-electron chi connectivity index (χ0n) is 15.8. The summed E-state index contributed by atoms with van der Waals surface area (Å²) in [6, 6.07) is 6.45. The third kappa shape index (κ3) is 3.44. The van der Waals surface area contributed by atoms with Gasteiger partial charge < -0.3 is 15.2 Å². The van der Waals surface area contributed by atoms with Gasteiger partial charge in [-0.3, -0.25) is 0 Å². The van der Waals surface area contributed by atoms with Gasteiger partial charge in [-0.1, -0.05) is 12.1 Å². The number of benzene rings is 1. The van der Waals surface area contributed by atoms with Crippen LogP contribution in [0.3, 0.4) is 0 Å². The molecule has 3 aliphatic rings. The van der Waals surface area contributed by atoms with Crippen LogP contribution in [0.5, 0.6) is 0 Å². The van der Waals surface area contributed by atoms with Crippen molar-refractivity contribution >= 4 is 0 Å². The fourth-order valence-electron chi connectivity index (χ4n) is 5.74. The Kier molecular flexibility index (Phi) is 5.10. The Balaban J connectivity index is 1.36. The van der Waals surface area contributed by atoms with E-state index in [9.17, 15) is 9.50 Å². The summed E-state index contributed by atoms with van der Waals surface area (Å²) in [6.07, 6.45) is 11.5. The van der Waals surface area contributed by atoms with E-state index in [0.717, 1.165) is 31.6 Å². The first-order valence-corrected chi connectivity index (χ1v) is 10.3. The highest BCUT2D eigenvalue weighted by atomic mass is 19.1. The Morgan fingerprint density at radius 2 is 1.92 bits per heavy atom. The van der Waals surface area contributed by atoms with E-state index in [0.29, 0.717) is 11.7 Å². The molecule has 2 heterocycles. The number of aliphatic hydroxyl groups excluding tert-OH is 1. The van der Waals surface area contributed by atoms with E-state index in [2.05, 4.69) is 5.32 Å². The van der Waals surface area contributed by atoms with E-state index in [-0.39, 0.29) is 16.9 Å². The fraction of sp³-hybridized carbons (Fsp3) is 0.727. The number of hydrogen-bond acceptors (Lipinski definition) is 3. The van der Waals surface area contributed by atoms with Crippen LogP contribution in [0.4, 0.5) is 4.39 Å². The number of hydrogen-bond donors (Lipinski definition) is 2. The fourth-order valence-corrected chi connectivity index (χ4v) is 5.74.